The minimum atomic E-state index is -0.208. The lowest BCUT2D eigenvalue weighted by atomic mass is 9.96. The Balaban J connectivity index is 1.98. The molecular weight excluding hydrogens is 266 g/mol. The van der Waals surface area contributed by atoms with Crippen LogP contribution in [0.15, 0.2) is 47.4 Å². The quantitative estimate of drug-likeness (QED) is 0.881. The van der Waals surface area contributed by atoms with Gasteiger partial charge < -0.3 is 15.2 Å². The van der Waals surface area contributed by atoms with E-state index < -0.39 is 0 Å². The molecule has 1 atom stereocenters. The van der Waals surface area contributed by atoms with E-state index in [1.807, 2.05) is 31.3 Å². The molecule has 1 amide bonds. The lowest BCUT2D eigenvalue weighted by Gasteiger charge is -2.34. The van der Waals surface area contributed by atoms with Crippen molar-refractivity contribution in [2.24, 2.45) is 0 Å². The molecule has 3 rings (SSSR count). The first-order valence-electron chi connectivity index (χ1n) is 6.97. The first kappa shape index (κ1) is 13.6. The molecule has 2 N–H and O–H groups in total. The van der Waals surface area contributed by atoms with Gasteiger partial charge in [-0.2, -0.15) is 0 Å². The monoisotopic (exact) mass is 283 g/mol. The Labute approximate surface area is 122 Å². The van der Waals surface area contributed by atoms with Crippen molar-refractivity contribution in [3.05, 3.63) is 64.1 Å². The summed E-state index contributed by atoms with van der Waals surface area (Å²) in [6.45, 7) is 0.653. The van der Waals surface area contributed by atoms with Gasteiger partial charge in [0.25, 0.3) is 5.91 Å². The Morgan fingerprint density at radius 3 is 2.81 bits per heavy atom. The number of aromatic nitrogens is 1. The lowest BCUT2D eigenvalue weighted by Crippen LogP contribution is -2.39. The van der Waals surface area contributed by atoms with Crippen LogP contribution in [0.1, 0.15) is 28.4 Å². The zero-order valence-electron chi connectivity index (χ0n) is 11.8. The number of carbonyl (C=O) groups is 1. The minimum absolute atomic E-state index is 0.0896. The molecule has 5 heteroatoms. The van der Waals surface area contributed by atoms with E-state index in [4.69, 9.17) is 0 Å². The highest BCUT2D eigenvalue weighted by Crippen LogP contribution is 2.34. The number of benzene rings is 1. The number of para-hydroxylation sites is 1. The van der Waals surface area contributed by atoms with Gasteiger partial charge in [0.15, 0.2) is 0 Å². The fourth-order valence-corrected chi connectivity index (χ4v) is 2.77. The van der Waals surface area contributed by atoms with E-state index in [0.29, 0.717) is 12.1 Å². The summed E-state index contributed by atoms with van der Waals surface area (Å²) in [5, 5.41) is 3.28. The van der Waals surface area contributed by atoms with Crippen LogP contribution in [-0.2, 0) is 0 Å². The number of pyridine rings is 1. The summed E-state index contributed by atoms with van der Waals surface area (Å²) in [4.78, 5) is 28.1. The van der Waals surface area contributed by atoms with Crippen molar-refractivity contribution in [3.63, 3.8) is 0 Å². The van der Waals surface area contributed by atoms with E-state index in [1.165, 1.54) is 12.3 Å². The van der Waals surface area contributed by atoms with Crippen LogP contribution in [0.3, 0.4) is 0 Å². The number of aromatic amines is 1. The topological polar surface area (TPSA) is 65.2 Å². The molecule has 0 aliphatic carbocycles. The molecule has 2 heterocycles. The van der Waals surface area contributed by atoms with Crippen molar-refractivity contribution in [1.29, 1.82) is 0 Å². The van der Waals surface area contributed by atoms with E-state index in [0.717, 1.165) is 17.7 Å². The third kappa shape index (κ3) is 2.48. The summed E-state index contributed by atoms with van der Waals surface area (Å²) in [5.41, 5.74) is 2.34. The van der Waals surface area contributed by atoms with Gasteiger partial charge in [-0.25, -0.2) is 0 Å². The van der Waals surface area contributed by atoms with E-state index in [2.05, 4.69) is 10.3 Å². The van der Waals surface area contributed by atoms with E-state index in [1.54, 1.807) is 11.0 Å². The van der Waals surface area contributed by atoms with Crippen molar-refractivity contribution in [2.45, 2.75) is 12.5 Å². The molecule has 0 saturated carbocycles. The fraction of sp³-hybridized carbons (Fsp3) is 0.250. The van der Waals surface area contributed by atoms with Crippen molar-refractivity contribution < 1.29 is 4.79 Å². The second kappa shape index (κ2) is 5.54. The molecule has 1 unspecified atom stereocenters. The van der Waals surface area contributed by atoms with Crippen LogP contribution >= 0.6 is 0 Å². The molecule has 21 heavy (non-hydrogen) atoms. The SMILES string of the molecule is CNC1CCN(C(=O)c2ccc(=O)[nH]c2)c2ccccc21. The Hall–Kier alpha value is -2.40. The predicted octanol–water partition coefficient (Wildman–Crippen LogP) is 1.69. The number of fused-ring (bicyclic) bond motifs is 1. The zero-order valence-corrected chi connectivity index (χ0v) is 11.8. The maximum absolute atomic E-state index is 12.7. The molecule has 0 fully saturated rings. The van der Waals surface area contributed by atoms with Gasteiger partial charge in [-0.05, 0) is 31.2 Å². The number of nitrogens with one attached hydrogen (secondary N) is 2. The number of anilines is 1. The molecule has 1 aliphatic rings. The van der Waals surface area contributed by atoms with Gasteiger partial charge in [-0.15, -0.1) is 0 Å². The average molecular weight is 283 g/mol. The van der Waals surface area contributed by atoms with E-state index in [9.17, 15) is 9.59 Å². The normalized spacial score (nSPS) is 17.4. The van der Waals surface area contributed by atoms with Crippen LogP contribution in [0.5, 0.6) is 0 Å². The molecule has 1 aromatic carbocycles. The van der Waals surface area contributed by atoms with Gasteiger partial charge in [-0.3, -0.25) is 9.59 Å². The second-order valence-corrected chi connectivity index (χ2v) is 5.09. The molecule has 0 bridgehead atoms. The van der Waals surface area contributed by atoms with Crippen LogP contribution in [0.2, 0.25) is 0 Å². The summed E-state index contributed by atoms with van der Waals surface area (Å²) in [6.07, 6.45) is 2.33. The molecule has 108 valence electrons. The van der Waals surface area contributed by atoms with Crippen LogP contribution in [0, 0.1) is 0 Å². The minimum Gasteiger partial charge on any atom is -0.328 e. The number of nitrogens with zero attached hydrogens (tertiary/aromatic N) is 1. The maximum Gasteiger partial charge on any atom is 0.259 e. The standard InChI is InChI=1S/C16H17N3O2/c1-17-13-8-9-19(14-5-3-2-4-12(13)14)16(21)11-6-7-15(20)18-10-11/h2-7,10,13,17H,8-9H2,1H3,(H,18,20). The maximum atomic E-state index is 12.7. The van der Waals surface area contributed by atoms with Gasteiger partial charge in [0, 0.05) is 30.5 Å². The summed E-state index contributed by atoms with van der Waals surface area (Å²) >= 11 is 0. The number of carbonyl (C=O) groups excluding carboxylic acids is 1. The Morgan fingerprint density at radius 2 is 2.10 bits per heavy atom. The lowest BCUT2D eigenvalue weighted by molar-refractivity contribution is 0.0983. The number of amides is 1. The Morgan fingerprint density at radius 1 is 1.29 bits per heavy atom. The van der Waals surface area contributed by atoms with Gasteiger partial charge in [-0.1, -0.05) is 18.2 Å². The van der Waals surface area contributed by atoms with Crippen LogP contribution < -0.4 is 15.8 Å². The number of hydrogen-bond donors (Lipinski definition) is 2. The molecular formula is C16H17N3O2. The summed E-state index contributed by atoms with van der Waals surface area (Å²) in [7, 11) is 1.93. The van der Waals surface area contributed by atoms with E-state index in [-0.39, 0.29) is 17.5 Å². The van der Waals surface area contributed by atoms with Crippen molar-refractivity contribution >= 4 is 11.6 Å². The van der Waals surface area contributed by atoms with Crippen LogP contribution in [-0.4, -0.2) is 24.5 Å². The van der Waals surface area contributed by atoms with E-state index >= 15 is 0 Å². The second-order valence-electron chi connectivity index (χ2n) is 5.09. The highest BCUT2D eigenvalue weighted by molar-refractivity contribution is 6.06. The number of rotatable bonds is 2. The molecule has 0 radical (unpaired) electrons. The molecule has 2 aromatic rings. The van der Waals surface area contributed by atoms with Gasteiger partial charge in [0.2, 0.25) is 5.56 Å². The molecule has 0 spiro atoms. The molecule has 1 aromatic heterocycles. The summed E-state index contributed by atoms with van der Waals surface area (Å²) in [5.74, 6) is -0.0896. The molecule has 0 saturated heterocycles. The average Bonchev–Trinajstić information content (AvgIpc) is 2.54. The van der Waals surface area contributed by atoms with Crippen molar-refractivity contribution in [1.82, 2.24) is 10.3 Å². The predicted molar refractivity (Wildman–Crippen MR) is 81.6 cm³/mol. The number of H-pyrrole nitrogens is 1. The van der Waals surface area contributed by atoms with Crippen molar-refractivity contribution in [2.75, 3.05) is 18.5 Å². The Bertz CT molecular complexity index is 703. The first-order chi connectivity index (χ1) is 10.2. The third-order valence-electron chi connectivity index (χ3n) is 3.87. The first-order valence-corrected chi connectivity index (χ1v) is 6.97. The highest BCUT2D eigenvalue weighted by Gasteiger charge is 2.28. The third-order valence-corrected chi connectivity index (χ3v) is 3.87. The summed E-state index contributed by atoms with van der Waals surface area (Å²) < 4.78 is 0. The van der Waals surface area contributed by atoms with Gasteiger partial charge >= 0.3 is 0 Å². The molecule has 5 nitrogen and oxygen atoms in total. The smallest absolute Gasteiger partial charge is 0.259 e. The zero-order chi connectivity index (χ0) is 14.8. The molecule has 1 aliphatic heterocycles. The van der Waals surface area contributed by atoms with Crippen molar-refractivity contribution in [3.8, 4) is 0 Å². The van der Waals surface area contributed by atoms with Gasteiger partial charge in [0.05, 0.1) is 5.56 Å². The fourth-order valence-electron chi connectivity index (χ4n) is 2.77. The van der Waals surface area contributed by atoms with Gasteiger partial charge in [0.1, 0.15) is 0 Å². The van der Waals surface area contributed by atoms with Crippen LogP contribution in [0.4, 0.5) is 5.69 Å². The highest BCUT2D eigenvalue weighted by atomic mass is 16.2. The largest absolute Gasteiger partial charge is 0.328 e. The van der Waals surface area contributed by atoms with Crippen LogP contribution in [0.25, 0.3) is 0 Å². The Kier molecular flexibility index (Phi) is 3.58. The number of hydrogen-bond acceptors (Lipinski definition) is 3. The summed E-state index contributed by atoms with van der Waals surface area (Å²) in [6, 6.07) is 11.1.